The molecule has 0 aromatic heterocycles. The lowest BCUT2D eigenvalue weighted by molar-refractivity contribution is -0.116. The molecule has 29 heavy (non-hydrogen) atoms. The molecule has 0 radical (unpaired) electrons. The Balaban J connectivity index is 2.08. The topological polar surface area (TPSA) is 80.3 Å². The summed E-state index contributed by atoms with van der Waals surface area (Å²) in [6, 6.07) is 6.37. The van der Waals surface area contributed by atoms with Gasteiger partial charge in [-0.3, -0.25) is 4.79 Å². The van der Waals surface area contributed by atoms with Gasteiger partial charge in [0.05, 0.1) is 4.90 Å². The fourth-order valence-electron chi connectivity index (χ4n) is 2.89. The molecule has 1 fully saturated rings. The van der Waals surface area contributed by atoms with Crippen molar-refractivity contribution >= 4 is 29.4 Å². The van der Waals surface area contributed by atoms with Gasteiger partial charge in [0.1, 0.15) is 13.5 Å². The van der Waals surface area contributed by atoms with Crippen LogP contribution in [-0.2, 0) is 19.6 Å². The Morgan fingerprint density at radius 2 is 1.69 bits per heavy atom. The smallest absolute Gasteiger partial charge is 0.264 e. The Kier molecular flexibility index (Phi) is 6.95. The zero-order valence-corrected chi connectivity index (χ0v) is 20.2. The predicted molar refractivity (Wildman–Crippen MR) is 119 cm³/mol. The average Bonchev–Trinajstić information content (AvgIpc) is 3.42. The summed E-state index contributed by atoms with van der Waals surface area (Å²) >= 11 is 0. The second-order valence-corrected chi connectivity index (χ2v) is 16.5. The molecule has 0 bridgehead atoms. The van der Waals surface area contributed by atoms with Crippen molar-refractivity contribution in [3.8, 4) is 0 Å². The van der Waals surface area contributed by atoms with Gasteiger partial charge in [-0.15, -0.1) is 0 Å². The van der Waals surface area contributed by atoms with Crippen molar-refractivity contribution in [3.05, 3.63) is 41.5 Å². The van der Waals surface area contributed by atoms with Gasteiger partial charge in [-0.25, -0.2) is 13.1 Å². The van der Waals surface area contributed by atoms with Crippen LogP contribution in [0.2, 0.25) is 18.1 Å². The molecule has 1 aliphatic carbocycles. The van der Waals surface area contributed by atoms with E-state index in [1.807, 2.05) is 6.92 Å². The van der Waals surface area contributed by atoms with E-state index in [9.17, 15) is 18.0 Å². The van der Waals surface area contributed by atoms with Crippen molar-refractivity contribution in [2.24, 2.45) is 5.92 Å². The normalized spacial score (nSPS) is 15.9. The molecule has 1 saturated carbocycles. The van der Waals surface area contributed by atoms with Crippen LogP contribution in [0.5, 0.6) is 0 Å². The lowest BCUT2D eigenvalue weighted by Crippen LogP contribution is -2.46. The number of amides is 1. The summed E-state index contributed by atoms with van der Waals surface area (Å²) in [6.07, 6.45) is 4.38. The minimum absolute atomic E-state index is 0.0212. The van der Waals surface area contributed by atoms with Crippen molar-refractivity contribution in [1.82, 2.24) is 4.72 Å². The van der Waals surface area contributed by atoms with Crippen LogP contribution in [0.25, 0.3) is 0 Å². The third-order valence-electron chi connectivity index (χ3n) is 6.15. The van der Waals surface area contributed by atoms with Gasteiger partial charge >= 0.3 is 0 Å². The average molecular weight is 436 g/mol. The van der Waals surface area contributed by atoms with Gasteiger partial charge < -0.3 is 4.79 Å². The molecule has 0 spiro atoms. The molecule has 0 unspecified atom stereocenters. The van der Waals surface area contributed by atoms with E-state index in [-0.39, 0.29) is 21.3 Å². The minimum atomic E-state index is -3.91. The number of rotatable bonds is 8. The van der Waals surface area contributed by atoms with Gasteiger partial charge in [0.2, 0.25) is 0 Å². The molecule has 0 heterocycles. The summed E-state index contributed by atoms with van der Waals surface area (Å²) in [4.78, 5) is 25.5. The standard InChI is InChI=1S/C22H33NO4SSi/c1-16-10-14-18(15-11-16)28(26,27)23-21(25)19(17-12-13-17)8-7-9-20(24)29(5,6)22(2,3)4/h8,10-11,14-15,17H,7,9,12-13H2,1-6H3,(H,23,25)/b19-8-. The van der Waals surface area contributed by atoms with Crippen LogP contribution in [0.3, 0.4) is 0 Å². The molecule has 1 amide bonds. The Morgan fingerprint density at radius 1 is 1.14 bits per heavy atom. The van der Waals surface area contributed by atoms with Crippen LogP contribution in [-0.4, -0.2) is 27.8 Å². The van der Waals surface area contributed by atoms with Crippen molar-refractivity contribution in [2.45, 2.75) is 76.4 Å². The number of benzene rings is 1. The fourth-order valence-corrected chi connectivity index (χ4v) is 5.47. The maximum absolute atomic E-state index is 12.7. The summed E-state index contributed by atoms with van der Waals surface area (Å²) < 4.78 is 27.2. The number of carbonyl (C=O) groups excluding carboxylic acids is 2. The summed E-state index contributed by atoms with van der Waals surface area (Å²) in [5, 5.41) is 0.260. The highest BCUT2D eigenvalue weighted by Gasteiger charge is 2.41. The first-order valence-corrected chi connectivity index (χ1v) is 14.6. The number of sulfonamides is 1. The highest BCUT2D eigenvalue weighted by molar-refractivity contribution is 7.90. The molecule has 1 aliphatic rings. The Bertz CT molecular complexity index is 905. The van der Waals surface area contributed by atoms with E-state index in [4.69, 9.17) is 0 Å². The summed E-state index contributed by atoms with van der Waals surface area (Å²) in [5.74, 6) is -0.487. The largest absolute Gasteiger partial charge is 0.305 e. The Hall–Kier alpha value is -1.73. The predicted octanol–water partition coefficient (Wildman–Crippen LogP) is 4.53. The second-order valence-electron chi connectivity index (χ2n) is 9.52. The van der Waals surface area contributed by atoms with Crippen LogP contribution in [0.1, 0.15) is 52.0 Å². The molecule has 7 heteroatoms. The van der Waals surface area contributed by atoms with Crippen LogP contribution in [0.4, 0.5) is 0 Å². The van der Waals surface area contributed by atoms with Gasteiger partial charge in [-0.05, 0) is 49.3 Å². The van der Waals surface area contributed by atoms with Crippen LogP contribution < -0.4 is 4.72 Å². The first-order chi connectivity index (χ1) is 13.3. The quantitative estimate of drug-likeness (QED) is 0.480. The van der Waals surface area contributed by atoms with Crippen LogP contribution in [0, 0.1) is 12.8 Å². The van der Waals surface area contributed by atoms with Crippen molar-refractivity contribution in [3.63, 3.8) is 0 Å². The van der Waals surface area contributed by atoms with E-state index in [1.165, 1.54) is 12.1 Å². The molecule has 0 saturated heterocycles. The molecule has 1 aromatic carbocycles. The Morgan fingerprint density at radius 3 is 2.17 bits per heavy atom. The molecular weight excluding hydrogens is 402 g/mol. The SMILES string of the molecule is Cc1ccc(S(=O)(=O)NC(=O)/C(=C\CCC(=O)[Si](C)(C)C(C)(C)C)C2CC2)cc1. The van der Waals surface area contributed by atoms with E-state index in [2.05, 4.69) is 38.6 Å². The van der Waals surface area contributed by atoms with Gasteiger partial charge in [0.25, 0.3) is 15.9 Å². The van der Waals surface area contributed by atoms with Crippen molar-refractivity contribution in [2.75, 3.05) is 0 Å². The molecule has 160 valence electrons. The number of hydrogen-bond acceptors (Lipinski definition) is 4. The molecule has 5 nitrogen and oxygen atoms in total. The third kappa shape index (κ3) is 5.89. The molecule has 0 aliphatic heterocycles. The zero-order valence-electron chi connectivity index (χ0n) is 18.3. The van der Waals surface area contributed by atoms with E-state index < -0.39 is 24.0 Å². The fraction of sp³-hybridized carbons (Fsp3) is 0.545. The number of hydrogen-bond donors (Lipinski definition) is 1. The zero-order chi connectivity index (χ0) is 22.0. The highest BCUT2D eigenvalue weighted by Crippen LogP contribution is 2.39. The summed E-state index contributed by atoms with van der Waals surface area (Å²) in [7, 11) is -5.98. The van der Waals surface area contributed by atoms with E-state index in [0.29, 0.717) is 18.4 Å². The molecular formula is C22H33NO4SSi. The van der Waals surface area contributed by atoms with Crippen LogP contribution in [0.15, 0.2) is 40.8 Å². The molecule has 2 rings (SSSR count). The van der Waals surface area contributed by atoms with Crippen LogP contribution >= 0.6 is 0 Å². The monoisotopic (exact) mass is 435 g/mol. The first kappa shape index (κ1) is 23.5. The number of carbonyl (C=O) groups is 2. The first-order valence-electron chi connectivity index (χ1n) is 10.1. The molecule has 0 atom stereocenters. The molecule has 1 aromatic rings. The highest BCUT2D eigenvalue weighted by atomic mass is 32.2. The van der Waals surface area contributed by atoms with Crippen molar-refractivity contribution < 1.29 is 18.0 Å². The lowest BCUT2D eigenvalue weighted by atomic mass is 10.1. The van der Waals surface area contributed by atoms with E-state index >= 15 is 0 Å². The van der Waals surface area contributed by atoms with Gasteiger partial charge in [0, 0.05) is 12.0 Å². The van der Waals surface area contributed by atoms with Gasteiger partial charge in [-0.2, -0.15) is 0 Å². The van der Waals surface area contributed by atoms with E-state index in [1.54, 1.807) is 18.2 Å². The van der Waals surface area contributed by atoms with Gasteiger partial charge in [0.15, 0.2) is 0 Å². The van der Waals surface area contributed by atoms with Gasteiger partial charge in [-0.1, -0.05) is 57.6 Å². The summed E-state index contributed by atoms with van der Waals surface area (Å²) in [5.41, 5.74) is 1.43. The van der Waals surface area contributed by atoms with E-state index in [0.717, 1.165) is 18.4 Å². The third-order valence-corrected chi connectivity index (χ3v) is 12.9. The maximum Gasteiger partial charge on any atom is 0.264 e. The number of allylic oxidation sites excluding steroid dienone is 1. The minimum Gasteiger partial charge on any atom is -0.305 e. The lowest BCUT2D eigenvalue weighted by Gasteiger charge is -2.35. The Labute approximate surface area is 176 Å². The molecule has 1 N–H and O–H groups in total. The second kappa shape index (κ2) is 8.56. The maximum atomic E-state index is 12.7. The summed E-state index contributed by atoms with van der Waals surface area (Å²) in [6.45, 7) is 12.3. The van der Waals surface area contributed by atoms with Crippen molar-refractivity contribution in [1.29, 1.82) is 0 Å². The number of nitrogens with one attached hydrogen (secondary N) is 1. The number of aryl methyl sites for hydroxylation is 1.